The van der Waals surface area contributed by atoms with Gasteiger partial charge < -0.3 is 15.5 Å². The summed E-state index contributed by atoms with van der Waals surface area (Å²) in [5.74, 6) is -3.66. The van der Waals surface area contributed by atoms with Crippen molar-refractivity contribution in [2.24, 2.45) is 50.7 Å². The Hall–Kier alpha value is -3.09. The van der Waals surface area contributed by atoms with Crippen molar-refractivity contribution in [1.82, 2.24) is 20.3 Å². The number of sulfonamides is 1. The van der Waals surface area contributed by atoms with Gasteiger partial charge in [-0.15, -0.1) is 6.58 Å². The van der Waals surface area contributed by atoms with E-state index in [4.69, 9.17) is 0 Å². The van der Waals surface area contributed by atoms with Gasteiger partial charge in [-0.3, -0.25) is 33.5 Å². The molecule has 3 N–H and O–H groups in total. The van der Waals surface area contributed by atoms with Crippen LogP contribution in [-0.4, -0.2) is 78.9 Å². The van der Waals surface area contributed by atoms with E-state index in [0.717, 1.165) is 51.4 Å². The first-order chi connectivity index (χ1) is 25.7. The number of ketones is 2. The number of amides is 4. The van der Waals surface area contributed by atoms with Crippen LogP contribution >= 0.6 is 0 Å². The molecule has 2 aliphatic heterocycles. The van der Waals surface area contributed by atoms with Crippen LogP contribution in [0.3, 0.4) is 0 Å². The van der Waals surface area contributed by atoms with Crippen LogP contribution in [-0.2, 0) is 38.8 Å². The summed E-state index contributed by atoms with van der Waals surface area (Å²) >= 11 is 0. The van der Waals surface area contributed by atoms with Crippen molar-refractivity contribution in [1.29, 1.82) is 0 Å². The molecule has 7 fully saturated rings. The quantitative estimate of drug-likeness (QED) is 0.218. The molecule has 2 spiro atoms. The highest BCUT2D eigenvalue weighted by Gasteiger charge is 2.85. The van der Waals surface area contributed by atoms with Gasteiger partial charge in [0.1, 0.15) is 0 Å². The van der Waals surface area contributed by atoms with Gasteiger partial charge in [-0.25, -0.2) is 8.42 Å². The number of carbonyl (C=O) groups is 6. The van der Waals surface area contributed by atoms with Crippen LogP contribution in [0.5, 0.6) is 0 Å². The second-order valence-corrected chi connectivity index (χ2v) is 22.0. The fourth-order valence-electron chi connectivity index (χ4n) is 11.7. The molecule has 0 aromatic rings. The fourth-order valence-corrected chi connectivity index (χ4v) is 13.1. The number of likely N-dealkylation sites (tertiary alicyclic amines) is 1. The van der Waals surface area contributed by atoms with Crippen LogP contribution in [0.1, 0.15) is 131 Å². The summed E-state index contributed by atoms with van der Waals surface area (Å²) in [5, 5.41) is 5.15. The molecule has 4 amide bonds. The van der Waals surface area contributed by atoms with Crippen molar-refractivity contribution in [3.8, 4) is 0 Å². The lowest BCUT2D eigenvalue weighted by atomic mass is 9.73. The SMILES string of the molecule is C=C[C@H]1C[C@@]1(CC(=O)[C@@H]1C[C@@]2(CN1C(=O)[C@@H](CC(=O)[C@@H](NC(=O)C1CNC(=O)C1)C1CCCCC1)C(C)(C)C)C(C)(C)C21CCC1)C(=O)NS(=O)(=O)C1CC1. The highest BCUT2D eigenvalue weighted by Crippen LogP contribution is 2.88. The van der Waals surface area contributed by atoms with E-state index in [2.05, 4.69) is 35.8 Å². The smallest absolute Gasteiger partial charge is 0.240 e. The predicted molar refractivity (Wildman–Crippen MR) is 205 cm³/mol. The van der Waals surface area contributed by atoms with Crippen LogP contribution in [0.4, 0.5) is 0 Å². The third-order valence-corrected chi connectivity index (χ3v) is 17.7. The molecule has 7 rings (SSSR count). The molecule has 12 nitrogen and oxygen atoms in total. The Bertz CT molecular complexity index is 1770. The molecular weight excluding hydrogens is 721 g/mol. The summed E-state index contributed by atoms with van der Waals surface area (Å²) < 4.78 is 27.9. The number of hydrogen-bond donors (Lipinski definition) is 3. The van der Waals surface area contributed by atoms with Crippen molar-refractivity contribution >= 4 is 45.2 Å². The van der Waals surface area contributed by atoms with Crippen LogP contribution in [0.25, 0.3) is 0 Å². The van der Waals surface area contributed by atoms with E-state index in [-0.39, 0.29) is 83.2 Å². The van der Waals surface area contributed by atoms with Crippen molar-refractivity contribution in [2.75, 3.05) is 13.1 Å². The molecule has 0 radical (unpaired) electrons. The first-order valence-corrected chi connectivity index (χ1v) is 22.4. The molecule has 7 atom stereocenters. The Balaban J connectivity index is 1.15. The first-order valence-electron chi connectivity index (χ1n) is 20.9. The molecule has 55 heavy (non-hydrogen) atoms. The zero-order valence-corrected chi connectivity index (χ0v) is 34.3. The Morgan fingerprint density at radius 3 is 2.16 bits per heavy atom. The van der Waals surface area contributed by atoms with Crippen molar-refractivity contribution in [3.05, 3.63) is 12.7 Å². The molecule has 5 aliphatic carbocycles. The maximum Gasteiger partial charge on any atom is 0.240 e. The van der Waals surface area contributed by atoms with Gasteiger partial charge >= 0.3 is 0 Å². The van der Waals surface area contributed by atoms with Crippen molar-refractivity contribution < 1.29 is 37.2 Å². The Morgan fingerprint density at radius 2 is 1.65 bits per heavy atom. The van der Waals surface area contributed by atoms with Gasteiger partial charge in [-0.1, -0.05) is 66.4 Å². The highest BCUT2D eigenvalue weighted by molar-refractivity contribution is 7.90. The molecule has 0 aromatic heterocycles. The number of fused-ring (bicyclic) bond motifs is 1. The van der Waals surface area contributed by atoms with Gasteiger partial charge in [0.25, 0.3) is 0 Å². The lowest BCUT2D eigenvalue weighted by molar-refractivity contribution is -0.147. The second-order valence-electron chi connectivity index (χ2n) is 20.0. The average molecular weight is 783 g/mol. The zero-order valence-electron chi connectivity index (χ0n) is 33.5. The highest BCUT2D eigenvalue weighted by atomic mass is 32.2. The number of hydrogen-bond acceptors (Lipinski definition) is 8. The lowest BCUT2D eigenvalue weighted by Crippen LogP contribution is -2.52. The van der Waals surface area contributed by atoms with E-state index in [0.29, 0.717) is 32.2 Å². The largest absolute Gasteiger partial charge is 0.355 e. The molecule has 0 aromatic carbocycles. The summed E-state index contributed by atoms with van der Waals surface area (Å²) in [7, 11) is -3.83. The van der Waals surface area contributed by atoms with Crippen molar-refractivity contribution in [3.63, 3.8) is 0 Å². The Labute approximate surface area is 326 Å². The summed E-state index contributed by atoms with van der Waals surface area (Å²) in [6.45, 7) is 14.8. The zero-order chi connectivity index (χ0) is 39.9. The van der Waals surface area contributed by atoms with Gasteiger partial charge in [0, 0.05) is 43.7 Å². The van der Waals surface area contributed by atoms with Gasteiger partial charge in [-0.05, 0) is 79.4 Å². The normalized spacial score (nSPS) is 33.3. The molecular formula is C42H62N4O8S. The molecule has 2 heterocycles. The maximum absolute atomic E-state index is 15.2. The van der Waals surface area contributed by atoms with E-state index >= 15 is 4.79 Å². The van der Waals surface area contributed by atoms with Gasteiger partial charge in [-0.2, -0.15) is 0 Å². The predicted octanol–water partition coefficient (Wildman–Crippen LogP) is 4.37. The van der Waals surface area contributed by atoms with Crippen LogP contribution in [0.15, 0.2) is 12.7 Å². The van der Waals surface area contributed by atoms with Gasteiger partial charge in [0.15, 0.2) is 11.6 Å². The minimum atomic E-state index is -3.83. The van der Waals surface area contributed by atoms with E-state index in [9.17, 15) is 32.4 Å². The standard InChI is InChI=1S/C42H62N4O8S/c1-7-27-20-40(27,37(52)45-55(53,54)28-14-15-28)22-32(48)30-21-42(39(5,6)41(42)16-11-17-41)24-46(30)36(51)29(38(2,3)4)19-31(47)34(25-12-9-8-10-13-25)44-35(50)26-18-33(49)43-23-26/h7,25-30,34H,1,8-24H2,2-6H3,(H,43,49)(H,44,50)(H,45,52)/t26?,27-,29+,30-,34-,40-,42+/m0/s1. The average Bonchev–Trinajstić information content (AvgIpc) is 4.04. The van der Waals surface area contributed by atoms with Gasteiger partial charge in [0.2, 0.25) is 33.7 Å². The third-order valence-electron chi connectivity index (χ3n) is 15.9. The molecule has 0 bridgehead atoms. The minimum Gasteiger partial charge on any atom is -0.355 e. The fraction of sp³-hybridized carbons (Fsp3) is 0.810. The van der Waals surface area contributed by atoms with E-state index in [1.54, 1.807) is 11.0 Å². The van der Waals surface area contributed by atoms with E-state index in [1.807, 2.05) is 20.8 Å². The molecule has 2 saturated heterocycles. The van der Waals surface area contributed by atoms with Crippen LogP contribution in [0.2, 0.25) is 0 Å². The minimum absolute atomic E-state index is 0.0179. The number of nitrogens with zero attached hydrogens (tertiary/aromatic N) is 1. The Kier molecular flexibility index (Phi) is 10.1. The number of Topliss-reactive ketones (excluding diaryl/α,β-unsaturated/α-hetero) is 2. The number of allylic oxidation sites excluding steroid dienone is 1. The number of nitrogens with one attached hydrogen (secondary N) is 3. The number of rotatable bonds is 14. The maximum atomic E-state index is 15.2. The second kappa shape index (κ2) is 13.8. The topological polar surface area (TPSA) is 176 Å². The summed E-state index contributed by atoms with van der Waals surface area (Å²) in [4.78, 5) is 85.1. The van der Waals surface area contributed by atoms with E-state index < -0.39 is 55.9 Å². The summed E-state index contributed by atoms with van der Waals surface area (Å²) in [5.41, 5.74) is -2.28. The summed E-state index contributed by atoms with van der Waals surface area (Å²) in [6.07, 6.45) is 10.9. The Morgan fingerprint density at radius 1 is 0.982 bits per heavy atom. The van der Waals surface area contributed by atoms with E-state index in [1.165, 1.54) is 0 Å². The summed E-state index contributed by atoms with van der Waals surface area (Å²) in [6, 6.07) is -1.59. The molecule has 7 aliphatic rings. The monoisotopic (exact) mass is 782 g/mol. The van der Waals surface area contributed by atoms with Crippen LogP contribution in [0, 0.1) is 50.7 Å². The molecule has 13 heteroatoms. The third kappa shape index (κ3) is 6.69. The molecule has 304 valence electrons. The lowest BCUT2D eigenvalue weighted by Gasteiger charge is -2.37. The number of carbonyl (C=O) groups excluding carboxylic acids is 6. The van der Waals surface area contributed by atoms with Crippen LogP contribution < -0.4 is 15.4 Å². The van der Waals surface area contributed by atoms with Crippen molar-refractivity contribution in [2.45, 2.75) is 148 Å². The van der Waals surface area contributed by atoms with Gasteiger partial charge in [0.05, 0.1) is 28.7 Å². The first kappa shape index (κ1) is 40.1. The molecule has 5 saturated carbocycles. The molecule has 1 unspecified atom stereocenters.